The zero-order chi connectivity index (χ0) is 15.0. The maximum Gasteiger partial charge on any atom is 0.313 e. The lowest BCUT2D eigenvalue weighted by Crippen LogP contribution is -2.32. The van der Waals surface area contributed by atoms with E-state index in [2.05, 4.69) is 0 Å². The molecule has 0 aliphatic carbocycles. The van der Waals surface area contributed by atoms with E-state index >= 15 is 0 Å². The highest BCUT2D eigenvalue weighted by atomic mass is 16.4. The average Bonchev–Trinajstić information content (AvgIpc) is 2.42. The summed E-state index contributed by atoms with van der Waals surface area (Å²) in [6, 6.07) is 9.27. The van der Waals surface area contributed by atoms with Crippen molar-refractivity contribution in [3.05, 3.63) is 35.9 Å². The van der Waals surface area contributed by atoms with Crippen molar-refractivity contribution in [3.63, 3.8) is 0 Å². The molecule has 1 atom stereocenters. The zero-order valence-corrected chi connectivity index (χ0v) is 11.8. The Morgan fingerprint density at radius 3 is 2.15 bits per heavy atom. The molecule has 0 aromatic heterocycles. The van der Waals surface area contributed by atoms with Gasteiger partial charge in [-0.3, -0.25) is 9.59 Å². The first-order valence-electron chi connectivity index (χ1n) is 6.97. The van der Waals surface area contributed by atoms with Crippen LogP contribution in [-0.2, 0) is 15.0 Å². The maximum atomic E-state index is 11.6. The summed E-state index contributed by atoms with van der Waals surface area (Å²) in [7, 11) is 0. The summed E-state index contributed by atoms with van der Waals surface area (Å²) >= 11 is 0. The van der Waals surface area contributed by atoms with E-state index in [1.165, 1.54) is 0 Å². The highest BCUT2D eigenvalue weighted by molar-refractivity contribution is 5.80. The van der Waals surface area contributed by atoms with Crippen molar-refractivity contribution in [2.24, 2.45) is 0 Å². The van der Waals surface area contributed by atoms with E-state index in [0.29, 0.717) is 12.8 Å². The lowest BCUT2D eigenvalue weighted by atomic mass is 9.78. The average molecular weight is 278 g/mol. The van der Waals surface area contributed by atoms with Gasteiger partial charge < -0.3 is 10.2 Å². The molecule has 110 valence electrons. The molecule has 2 N–H and O–H groups in total. The van der Waals surface area contributed by atoms with Crippen LogP contribution in [0.5, 0.6) is 0 Å². The molecule has 0 saturated carbocycles. The van der Waals surface area contributed by atoms with Crippen molar-refractivity contribution in [3.8, 4) is 0 Å². The first-order valence-corrected chi connectivity index (χ1v) is 6.97. The van der Waals surface area contributed by atoms with Gasteiger partial charge in [0.2, 0.25) is 0 Å². The summed E-state index contributed by atoms with van der Waals surface area (Å²) < 4.78 is 0. The van der Waals surface area contributed by atoms with Gasteiger partial charge in [-0.1, -0.05) is 49.6 Å². The number of carboxylic acid groups (broad SMARTS) is 2. The van der Waals surface area contributed by atoms with Crippen molar-refractivity contribution < 1.29 is 19.8 Å². The topological polar surface area (TPSA) is 74.6 Å². The molecule has 4 heteroatoms. The minimum atomic E-state index is -0.867. The number of benzene rings is 1. The quantitative estimate of drug-likeness (QED) is 0.678. The van der Waals surface area contributed by atoms with Gasteiger partial charge in [0, 0.05) is 6.42 Å². The normalized spacial score (nSPS) is 13.7. The Balaban J connectivity index is 2.48. The Kier molecular flexibility index (Phi) is 6.22. The van der Waals surface area contributed by atoms with E-state index in [-0.39, 0.29) is 6.42 Å². The van der Waals surface area contributed by atoms with Crippen LogP contribution >= 0.6 is 0 Å². The van der Waals surface area contributed by atoms with Crippen molar-refractivity contribution in [1.29, 1.82) is 0 Å². The summed E-state index contributed by atoms with van der Waals surface area (Å²) in [5.74, 6) is -1.58. The second kappa shape index (κ2) is 7.68. The monoisotopic (exact) mass is 278 g/mol. The lowest BCUT2D eigenvalue weighted by molar-refractivity contribution is -0.143. The third-order valence-electron chi connectivity index (χ3n) is 3.70. The molecular formula is C16H22O4. The van der Waals surface area contributed by atoms with Crippen LogP contribution in [0.4, 0.5) is 0 Å². The van der Waals surface area contributed by atoms with E-state index in [9.17, 15) is 14.7 Å². The van der Waals surface area contributed by atoms with Crippen molar-refractivity contribution in [2.75, 3.05) is 0 Å². The van der Waals surface area contributed by atoms with Crippen LogP contribution in [0, 0.1) is 0 Å². The molecule has 0 fully saturated rings. The van der Waals surface area contributed by atoms with E-state index in [0.717, 1.165) is 24.8 Å². The molecule has 1 unspecified atom stereocenters. The van der Waals surface area contributed by atoms with Gasteiger partial charge in [0.25, 0.3) is 0 Å². The van der Waals surface area contributed by atoms with Crippen LogP contribution in [0.15, 0.2) is 30.3 Å². The largest absolute Gasteiger partial charge is 0.481 e. The summed E-state index contributed by atoms with van der Waals surface area (Å²) in [6.45, 7) is 1.75. The second-order valence-corrected chi connectivity index (χ2v) is 5.31. The third-order valence-corrected chi connectivity index (χ3v) is 3.70. The summed E-state index contributed by atoms with van der Waals surface area (Å²) in [4.78, 5) is 21.9. The molecule has 1 rings (SSSR count). The van der Waals surface area contributed by atoms with E-state index < -0.39 is 17.4 Å². The molecule has 1 aromatic carbocycles. The second-order valence-electron chi connectivity index (χ2n) is 5.31. The Morgan fingerprint density at radius 1 is 1.00 bits per heavy atom. The maximum absolute atomic E-state index is 11.6. The van der Waals surface area contributed by atoms with Crippen molar-refractivity contribution in [2.45, 2.75) is 50.9 Å². The number of carbonyl (C=O) groups is 2. The van der Waals surface area contributed by atoms with E-state index in [1.54, 1.807) is 6.92 Å². The zero-order valence-electron chi connectivity index (χ0n) is 11.8. The van der Waals surface area contributed by atoms with Gasteiger partial charge in [-0.05, 0) is 25.3 Å². The molecule has 20 heavy (non-hydrogen) atoms. The Hall–Kier alpha value is -1.84. The SMILES string of the molecule is CC(CCCCCCC(=O)O)(C(=O)O)c1ccccc1. The van der Waals surface area contributed by atoms with Gasteiger partial charge in [-0.25, -0.2) is 0 Å². The number of rotatable bonds is 9. The molecule has 0 spiro atoms. The Morgan fingerprint density at radius 2 is 1.60 bits per heavy atom. The Bertz CT molecular complexity index is 441. The minimum Gasteiger partial charge on any atom is -0.481 e. The predicted octanol–water partition coefficient (Wildman–Crippen LogP) is 3.45. The van der Waals surface area contributed by atoms with Crippen LogP contribution in [0.25, 0.3) is 0 Å². The van der Waals surface area contributed by atoms with Crippen LogP contribution < -0.4 is 0 Å². The highest BCUT2D eigenvalue weighted by Crippen LogP contribution is 2.30. The molecule has 0 heterocycles. The Labute approximate surface area is 119 Å². The highest BCUT2D eigenvalue weighted by Gasteiger charge is 2.34. The number of hydrogen-bond acceptors (Lipinski definition) is 2. The van der Waals surface area contributed by atoms with Crippen LogP contribution in [-0.4, -0.2) is 22.2 Å². The van der Waals surface area contributed by atoms with E-state index in [1.807, 2.05) is 30.3 Å². The number of carboxylic acids is 2. The number of aliphatic carboxylic acids is 2. The van der Waals surface area contributed by atoms with Crippen LogP contribution in [0.1, 0.15) is 51.0 Å². The lowest BCUT2D eigenvalue weighted by Gasteiger charge is -2.25. The first kappa shape index (κ1) is 16.2. The fraction of sp³-hybridized carbons (Fsp3) is 0.500. The van der Waals surface area contributed by atoms with Crippen molar-refractivity contribution in [1.82, 2.24) is 0 Å². The molecule has 0 radical (unpaired) electrons. The standard InChI is InChI=1S/C16H22O4/c1-16(15(19)20,13-9-5-4-6-10-13)12-8-3-2-7-11-14(17)18/h4-6,9-10H,2-3,7-8,11-12H2,1H3,(H,17,18)(H,19,20). The third kappa shape index (κ3) is 4.68. The molecular weight excluding hydrogens is 256 g/mol. The smallest absolute Gasteiger partial charge is 0.313 e. The molecule has 0 bridgehead atoms. The van der Waals surface area contributed by atoms with Gasteiger partial charge in [0.15, 0.2) is 0 Å². The summed E-state index contributed by atoms with van der Waals surface area (Å²) in [5.41, 5.74) is -0.0494. The minimum absolute atomic E-state index is 0.189. The molecule has 1 aromatic rings. The van der Waals surface area contributed by atoms with Crippen molar-refractivity contribution >= 4 is 11.9 Å². The van der Waals surface area contributed by atoms with Crippen LogP contribution in [0.3, 0.4) is 0 Å². The van der Waals surface area contributed by atoms with E-state index in [4.69, 9.17) is 5.11 Å². The van der Waals surface area contributed by atoms with Gasteiger partial charge in [0.1, 0.15) is 0 Å². The molecule has 4 nitrogen and oxygen atoms in total. The number of hydrogen-bond donors (Lipinski definition) is 2. The summed E-state index contributed by atoms with van der Waals surface area (Å²) in [6.07, 6.45) is 3.90. The van der Waals surface area contributed by atoms with Gasteiger partial charge in [-0.2, -0.15) is 0 Å². The molecule has 0 aliphatic heterocycles. The van der Waals surface area contributed by atoms with Gasteiger partial charge in [0.05, 0.1) is 5.41 Å². The fourth-order valence-corrected chi connectivity index (χ4v) is 2.29. The predicted molar refractivity (Wildman–Crippen MR) is 76.8 cm³/mol. The van der Waals surface area contributed by atoms with Gasteiger partial charge in [-0.15, -0.1) is 0 Å². The number of unbranched alkanes of at least 4 members (excludes halogenated alkanes) is 3. The fourth-order valence-electron chi connectivity index (χ4n) is 2.29. The molecule has 0 saturated heterocycles. The summed E-state index contributed by atoms with van der Waals surface area (Å²) in [5, 5.41) is 18.0. The van der Waals surface area contributed by atoms with Crippen LogP contribution in [0.2, 0.25) is 0 Å². The first-order chi connectivity index (χ1) is 9.47. The van der Waals surface area contributed by atoms with Gasteiger partial charge >= 0.3 is 11.9 Å². The molecule has 0 amide bonds. The molecule has 0 aliphatic rings.